The summed E-state index contributed by atoms with van der Waals surface area (Å²) in [5, 5.41) is 3.50. The molecule has 21 heavy (non-hydrogen) atoms. The van der Waals surface area contributed by atoms with Gasteiger partial charge >= 0.3 is 0 Å². The van der Waals surface area contributed by atoms with Gasteiger partial charge in [0, 0.05) is 25.0 Å². The van der Waals surface area contributed by atoms with E-state index in [1.54, 1.807) is 7.11 Å². The monoisotopic (exact) mass is 286 g/mol. The average Bonchev–Trinajstić information content (AvgIpc) is 2.54. The van der Waals surface area contributed by atoms with Gasteiger partial charge in [0.25, 0.3) is 0 Å². The lowest BCUT2D eigenvalue weighted by Gasteiger charge is -2.15. The quantitative estimate of drug-likeness (QED) is 0.847. The first-order valence-corrected chi connectivity index (χ1v) is 7.17. The first kappa shape index (κ1) is 15.3. The molecule has 112 valence electrons. The molecule has 2 rings (SSSR count). The predicted octanol–water partition coefficient (Wildman–Crippen LogP) is 3.34. The minimum atomic E-state index is 0.269. The number of methoxy groups -OCH3 is 1. The molecule has 1 aromatic heterocycles. The van der Waals surface area contributed by atoms with E-state index in [2.05, 4.69) is 17.2 Å². The number of aromatic nitrogens is 1. The summed E-state index contributed by atoms with van der Waals surface area (Å²) in [6.45, 7) is 5.51. The maximum absolute atomic E-state index is 5.60. The van der Waals surface area contributed by atoms with E-state index in [0.29, 0.717) is 6.61 Å². The van der Waals surface area contributed by atoms with Crippen LogP contribution in [0.3, 0.4) is 0 Å². The van der Waals surface area contributed by atoms with Crippen LogP contribution in [-0.4, -0.2) is 18.7 Å². The Labute approximate surface area is 126 Å². The minimum absolute atomic E-state index is 0.269. The highest BCUT2D eigenvalue weighted by molar-refractivity contribution is 5.43. The molecule has 0 saturated carbocycles. The Bertz CT molecular complexity index is 558. The van der Waals surface area contributed by atoms with E-state index >= 15 is 0 Å². The van der Waals surface area contributed by atoms with Gasteiger partial charge in [-0.2, -0.15) is 0 Å². The van der Waals surface area contributed by atoms with Crippen LogP contribution in [0.15, 0.2) is 42.7 Å². The molecular weight excluding hydrogens is 264 g/mol. The van der Waals surface area contributed by atoms with Crippen molar-refractivity contribution in [2.45, 2.75) is 26.4 Å². The first-order chi connectivity index (χ1) is 10.2. The van der Waals surface area contributed by atoms with Crippen molar-refractivity contribution in [1.82, 2.24) is 10.3 Å². The zero-order valence-corrected chi connectivity index (χ0v) is 12.8. The summed E-state index contributed by atoms with van der Waals surface area (Å²) in [7, 11) is 1.65. The van der Waals surface area contributed by atoms with Gasteiger partial charge in [-0.1, -0.05) is 6.07 Å². The zero-order valence-electron chi connectivity index (χ0n) is 12.8. The fourth-order valence-corrected chi connectivity index (χ4v) is 2.14. The summed E-state index contributed by atoms with van der Waals surface area (Å²) in [6, 6.07) is 10.3. The molecule has 0 fully saturated rings. The molecule has 4 nitrogen and oxygen atoms in total. The average molecular weight is 286 g/mol. The van der Waals surface area contributed by atoms with Crippen LogP contribution in [0, 0.1) is 0 Å². The van der Waals surface area contributed by atoms with E-state index in [-0.39, 0.29) is 6.04 Å². The highest BCUT2D eigenvalue weighted by atomic mass is 16.5. The third-order valence-electron chi connectivity index (χ3n) is 3.35. The first-order valence-electron chi connectivity index (χ1n) is 7.17. The van der Waals surface area contributed by atoms with Crippen molar-refractivity contribution in [3.63, 3.8) is 0 Å². The molecule has 1 atom stereocenters. The predicted molar refractivity (Wildman–Crippen MR) is 83.7 cm³/mol. The normalized spacial score (nSPS) is 12.0. The van der Waals surface area contributed by atoms with E-state index in [4.69, 9.17) is 9.47 Å². The Morgan fingerprint density at radius 3 is 2.57 bits per heavy atom. The molecule has 0 aliphatic heterocycles. The number of rotatable bonds is 7. The van der Waals surface area contributed by atoms with Gasteiger partial charge in [-0.3, -0.25) is 4.98 Å². The number of pyridine rings is 1. The summed E-state index contributed by atoms with van der Waals surface area (Å²) >= 11 is 0. The van der Waals surface area contributed by atoms with Gasteiger partial charge in [0.15, 0.2) is 11.5 Å². The number of nitrogens with zero attached hydrogens (tertiary/aromatic N) is 1. The summed E-state index contributed by atoms with van der Waals surface area (Å²) in [4.78, 5) is 4.04. The van der Waals surface area contributed by atoms with Gasteiger partial charge in [-0.15, -0.1) is 0 Å². The highest BCUT2D eigenvalue weighted by Crippen LogP contribution is 2.28. The van der Waals surface area contributed by atoms with Gasteiger partial charge < -0.3 is 14.8 Å². The molecule has 0 spiro atoms. The second kappa shape index (κ2) is 7.64. The molecule has 1 N–H and O–H groups in total. The standard InChI is InChI=1S/C17H22N2O2/c1-4-21-17-11-14(5-6-16(17)20-3)12-19-13(2)15-7-9-18-10-8-15/h5-11,13,19H,4,12H2,1-3H3. The van der Waals surface area contributed by atoms with Crippen molar-refractivity contribution < 1.29 is 9.47 Å². The molecule has 0 aliphatic rings. The molecular formula is C17H22N2O2. The number of ether oxygens (including phenoxy) is 2. The van der Waals surface area contributed by atoms with Gasteiger partial charge in [-0.25, -0.2) is 0 Å². The Hall–Kier alpha value is -2.07. The molecule has 0 radical (unpaired) electrons. The number of benzene rings is 1. The van der Waals surface area contributed by atoms with E-state index in [9.17, 15) is 0 Å². The minimum Gasteiger partial charge on any atom is -0.493 e. The maximum Gasteiger partial charge on any atom is 0.161 e. The zero-order chi connectivity index (χ0) is 15.1. The number of nitrogens with one attached hydrogen (secondary N) is 1. The smallest absolute Gasteiger partial charge is 0.161 e. The molecule has 1 heterocycles. The van der Waals surface area contributed by atoms with E-state index in [0.717, 1.165) is 18.0 Å². The second-order valence-electron chi connectivity index (χ2n) is 4.80. The van der Waals surface area contributed by atoms with Crippen molar-refractivity contribution in [3.8, 4) is 11.5 Å². The lowest BCUT2D eigenvalue weighted by molar-refractivity contribution is 0.310. The molecule has 4 heteroatoms. The van der Waals surface area contributed by atoms with Crippen molar-refractivity contribution in [2.24, 2.45) is 0 Å². The molecule has 0 amide bonds. The lowest BCUT2D eigenvalue weighted by Crippen LogP contribution is -2.18. The Balaban J connectivity index is 2.01. The summed E-state index contributed by atoms with van der Waals surface area (Å²) in [5.41, 5.74) is 2.39. The van der Waals surface area contributed by atoms with Crippen LogP contribution in [-0.2, 0) is 6.54 Å². The summed E-state index contributed by atoms with van der Waals surface area (Å²) in [5.74, 6) is 1.55. The lowest BCUT2D eigenvalue weighted by atomic mass is 10.1. The molecule has 1 aromatic carbocycles. The van der Waals surface area contributed by atoms with Gasteiger partial charge in [0.1, 0.15) is 0 Å². The third-order valence-corrected chi connectivity index (χ3v) is 3.35. The molecule has 0 aliphatic carbocycles. The number of hydrogen-bond donors (Lipinski definition) is 1. The largest absolute Gasteiger partial charge is 0.493 e. The van der Waals surface area contributed by atoms with Crippen LogP contribution in [0.1, 0.15) is 31.0 Å². The van der Waals surface area contributed by atoms with Gasteiger partial charge in [-0.05, 0) is 49.2 Å². The number of hydrogen-bond acceptors (Lipinski definition) is 4. The molecule has 0 saturated heterocycles. The topological polar surface area (TPSA) is 43.4 Å². The second-order valence-corrected chi connectivity index (χ2v) is 4.80. The Morgan fingerprint density at radius 2 is 1.90 bits per heavy atom. The van der Waals surface area contributed by atoms with Crippen molar-refractivity contribution in [2.75, 3.05) is 13.7 Å². The Morgan fingerprint density at radius 1 is 1.14 bits per heavy atom. The third kappa shape index (κ3) is 4.20. The summed E-state index contributed by atoms with van der Waals surface area (Å²) in [6.07, 6.45) is 3.63. The van der Waals surface area contributed by atoms with Crippen LogP contribution in [0.5, 0.6) is 11.5 Å². The van der Waals surface area contributed by atoms with Crippen LogP contribution >= 0.6 is 0 Å². The Kier molecular flexibility index (Phi) is 5.58. The molecule has 2 aromatic rings. The van der Waals surface area contributed by atoms with Crippen LogP contribution in [0.25, 0.3) is 0 Å². The molecule has 1 unspecified atom stereocenters. The SMILES string of the molecule is CCOc1cc(CNC(C)c2ccncc2)ccc1OC. The van der Waals surface area contributed by atoms with Crippen molar-refractivity contribution >= 4 is 0 Å². The van der Waals surface area contributed by atoms with Crippen molar-refractivity contribution in [3.05, 3.63) is 53.9 Å². The van der Waals surface area contributed by atoms with Gasteiger partial charge in [0.05, 0.1) is 13.7 Å². The van der Waals surface area contributed by atoms with Crippen LogP contribution in [0.4, 0.5) is 0 Å². The van der Waals surface area contributed by atoms with E-state index < -0.39 is 0 Å². The fourth-order valence-electron chi connectivity index (χ4n) is 2.14. The maximum atomic E-state index is 5.60. The van der Waals surface area contributed by atoms with Crippen LogP contribution < -0.4 is 14.8 Å². The highest BCUT2D eigenvalue weighted by Gasteiger charge is 2.07. The van der Waals surface area contributed by atoms with Crippen molar-refractivity contribution in [1.29, 1.82) is 0 Å². The molecule has 0 bridgehead atoms. The summed E-state index contributed by atoms with van der Waals surface area (Å²) < 4.78 is 10.9. The van der Waals surface area contributed by atoms with Crippen LogP contribution in [0.2, 0.25) is 0 Å². The van der Waals surface area contributed by atoms with E-state index in [1.165, 1.54) is 11.1 Å². The van der Waals surface area contributed by atoms with E-state index in [1.807, 2.05) is 49.6 Å². The fraction of sp³-hybridized carbons (Fsp3) is 0.353. The van der Waals surface area contributed by atoms with Gasteiger partial charge in [0.2, 0.25) is 0 Å².